The number of para-hydroxylation sites is 1. The third-order valence-corrected chi connectivity index (χ3v) is 3.98. The van der Waals surface area contributed by atoms with E-state index in [0.29, 0.717) is 0 Å². The van der Waals surface area contributed by atoms with Gasteiger partial charge < -0.3 is 5.32 Å². The average molecular weight is 307 g/mol. The number of amides is 1. The lowest BCUT2D eigenvalue weighted by Gasteiger charge is -2.09. The Bertz CT molecular complexity index is 695. The molecule has 118 valence electrons. The monoisotopic (exact) mass is 307 g/mol. The molecule has 2 aromatic carbocycles. The number of fused-ring (bicyclic) bond motifs is 1. The molecule has 0 heterocycles. The quantitative estimate of drug-likeness (QED) is 0.672. The van der Waals surface area contributed by atoms with E-state index >= 15 is 0 Å². The summed E-state index contributed by atoms with van der Waals surface area (Å²) in [5.74, 6) is -0.136. The van der Waals surface area contributed by atoms with Gasteiger partial charge in [0.1, 0.15) is 0 Å². The SMILES string of the molecule is O=C(CNc1ccccc1)N/N=C1\CCCCc2ccccc21. The van der Waals surface area contributed by atoms with Crippen LogP contribution in [0.25, 0.3) is 0 Å². The van der Waals surface area contributed by atoms with Crippen LogP contribution in [-0.4, -0.2) is 18.2 Å². The van der Waals surface area contributed by atoms with Crippen molar-refractivity contribution in [1.82, 2.24) is 5.43 Å². The van der Waals surface area contributed by atoms with Gasteiger partial charge in [-0.2, -0.15) is 5.10 Å². The lowest BCUT2D eigenvalue weighted by molar-refractivity contribution is -0.119. The van der Waals surface area contributed by atoms with Crippen molar-refractivity contribution in [1.29, 1.82) is 0 Å². The van der Waals surface area contributed by atoms with Gasteiger partial charge in [0.05, 0.1) is 12.3 Å². The van der Waals surface area contributed by atoms with Gasteiger partial charge in [-0.3, -0.25) is 4.79 Å². The highest BCUT2D eigenvalue weighted by atomic mass is 16.2. The van der Waals surface area contributed by atoms with Crippen LogP contribution in [0.2, 0.25) is 0 Å². The Morgan fingerprint density at radius 1 is 0.957 bits per heavy atom. The van der Waals surface area contributed by atoms with Gasteiger partial charge in [0.15, 0.2) is 0 Å². The van der Waals surface area contributed by atoms with E-state index < -0.39 is 0 Å². The molecular formula is C19H21N3O. The summed E-state index contributed by atoms with van der Waals surface area (Å²) in [6, 6.07) is 18.0. The predicted molar refractivity (Wildman–Crippen MR) is 93.6 cm³/mol. The topological polar surface area (TPSA) is 53.5 Å². The number of carbonyl (C=O) groups is 1. The molecule has 23 heavy (non-hydrogen) atoms. The highest BCUT2D eigenvalue weighted by molar-refractivity contribution is 6.02. The van der Waals surface area contributed by atoms with Gasteiger partial charge in [0.25, 0.3) is 5.91 Å². The fraction of sp³-hybridized carbons (Fsp3) is 0.263. The number of hydrazone groups is 1. The maximum Gasteiger partial charge on any atom is 0.259 e. The zero-order valence-corrected chi connectivity index (χ0v) is 13.1. The molecule has 0 fully saturated rings. The van der Waals surface area contributed by atoms with Gasteiger partial charge >= 0.3 is 0 Å². The maximum absolute atomic E-state index is 12.0. The van der Waals surface area contributed by atoms with Crippen molar-refractivity contribution >= 4 is 17.3 Å². The molecule has 1 amide bonds. The molecule has 4 heteroatoms. The Kier molecular flexibility index (Phi) is 5.04. The van der Waals surface area contributed by atoms with E-state index in [-0.39, 0.29) is 12.5 Å². The molecule has 3 rings (SSSR count). The van der Waals surface area contributed by atoms with Crippen LogP contribution in [-0.2, 0) is 11.2 Å². The van der Waals surface area contributed by atoms with Crippen LogP contribution in [0.4, 0.5) is 5.69 Å². The zero-order chi connectivity index (χ0) is 15.9. The van der Waals surface area contributed by atoms with Gasteiger partial charge in [0, 0.05) is 11.3 Å². The molecule has 0 saturated carbocycles. The van der Waals surface area contributed by atoms with Gasteiger partial charge in [-0.1, -0.05) is 42.5 Å². The molecule has 1 aliphatic rings. The number of hydrogen-bond acceptors (Lipinski definition) is 3. The van der Waals surface area contributed by atoms with Gasteiger partial charge in [-0.25, -0.2) is 5.43 Å². The van der Waals surface area contributed by atoms with Crippen LogP contribution in [0.3, 0.4) is 0 Å². The molecule has 2 aromatic rings. The lowest BCUT2D eigenvalue weighted by Crippen LogP contribution is -2.27. The first-order valence-electron chi connectivity index (χ1n) is 8.05. The maximum atomic E-state index is 12.0. The minimum atomic E-state index is -0.136. The van der Waals surface area contributed by atoms with E-state index in [0.717, 1.165) is 30.7 Å². The number of hydrogen-bond donors (Lipinski definition) is 2. The van der Waals surface area contributed by atoms with E-state index in [9.17, 15) is 4.79 Å². The molecular weight excluding hydrogens is 286 g/mol. The first-order chi connectivity index (χ1) is 11.3. The van der Waals surface area contributed by atoms with Crippen molar-refractivity contribution in [3.8, 4) is 0 Å². The summed E-state index contributed by atoms with van der Waals surface area (Å²) in [6.07, 6.45) is 4.26. The van der Waals surface area contributed by atoms with E-state index in [2.05, 4.69) is 34.0 Å². The van der Waals surface area contributed by atoms with Crippen molar-refractivity contribution in [3.05, 3.63) is 65.7 Å². The molecule has 1 aliphatic carbocycles. The highest BCUT2D eigenvalue weighted by Crippen LogP contribution is 2.20. The summed E-state index contributed by atoms with van der Waals surface area (Å²) in [7, 11) is 0. The summed E-state index contributed by atoms with van der Waals surface area (Å²) in [4.78, 5) is 12.0. The second kappa shape index (κ2) is 7.58. The van der Waals surface area contributed by atoms with Gasteiger partial charge in [-0.15, -0.1) is 0 Å². The molecule has 2 N–H and O–H groups in total. The summed E-state index contributed by atoms with van der Waals surface area (Å²) in [5.41, 5.74) is 7.07. The van der Waals surface area contributed by atoms with Crippen molar-refractivity contribution < 1.29 is 4.79 Å². The normalized spacial score (nSPS) is 15.6. The van der Waals surface area contributed by atoms with Crippen LogP contribution in [0.5, 0.6) is 0 Å². The van der Waals surface area contributed by atoms with Gasteiger partial charge in [0.2, 0.25) is 0 Å². The van der Waals surface area contributed by atoms with Crippen molar-refractivity contribution in [2.45, 2.75) is 25.7 Å². The molecule has 4 nitrogen and oxygen atoms in total. The molecule has 0 aliphatic heterocycles. The van der Waals surface area contributed by atoms with E-state index in [4.69, 9.17) is 0 Å². The number of rotatable bonds is 4. The molecule has 0 aromatic heterocycles. The lowest BCUT2D eigenvalue weighted by atomic mass is 10.0. The van der Waals surface area contributed by atoms with Crippen LogP contribution in [0, 0.1) is 0 Å². The number of benzene rings is 2. The smallest absolute Gasteiger partial charge is 0.259 e. The Labute approximate surface area is 136 Å². The van der Waals surface area contributed by atoms with E-state index in [1.54, 1.807) is 0 Å². The summed E-state index contributed by atoms with van der Waals surface area (Å²) in [6.45, 7) is 0.211. The van der Waals surface area contributed by atoms with E-state index in [1.807, 2.05) is 36.4 Å². The average Bonchev–Trinajstić information content (AvgIpc) is 2.81. The highest BCUT2D eigenvalue weighted by Gasteiger charge is 2.13. The van der Waals surface area contributed by atoms with Crippen molar-refractivity contribution in [2.75, 3.05) is 11.9 Å². The van der Waals surface area contributed by atoms with E-state index in [1.165, 1.54) is 17.5 Å². The second-order valence-corrected chi connectivity index (χ2v) is 5.68. The Morgan fingerprint density at radius 3 is 2.57 bits per heavy atom. The molecule has 0 spiro atoms. The second-order valence-electron chi connectivity index (χ2n) is 5.68. The minimum Gasteiger partial charge on any atom is -0.376 e. The molecule has 0 bridgehead atoms. The molecule has 0 radical (unpaired) electrons. The standard InChI is InChI=1S/C19H21N3O/c23-19(14-20-16-10-2-1-3-11-16)22-21-18-13-7-5-9-15-8-4-6-12-17(15)18/h1-4,6,8,10-12,20H,5,7,9,13-14H2,(H,22,23)/b21-18+. The number of aryl methyl sites for hydroxylation is 1. The number of nitrogens with one attached hydrogen (secondary N) is 2. The van der Waals surface area contributed by atoms with Crippen molar-refractivity contribution in [2.24, 2.45) is 5.10 Å². The van der Waals surface area contributed by atoms with Crippen LogP contribution < -0.4 is 10.7 Å². The minimum absolute atomic E-state index is 0.136. The van der Waals surface area contributed by atoms with Crippen LogP contribution >= 0.6 is 0 Å². The van der Waals surface area contributed by atoms with Gasteiger partial charge in [-0.05, 0) is 43.4 Å². The first-order valence-corrected chi connectivity index (χ1v) is 8.05. The number of anilines is 1. The fourth-order valence-corrected chi connectivity index (χ4v) is 2.79. The Morgan fingerprint density at radius 2 is 1.70 bits per heavy atom. The number of carbonyl (C=O) groups excluding carboxylic acids is 1. The predicted octanol–water partition coefficient (Wildman–Crippen LogP) is 3.35. The number of nitrogens with zero attached hydrogens (tertiary/aromatic N) is 1. The van der Waals surface area contributed by atoms with Crippen LogP contribution in [0.15, 0.2) is 59.7 Å². The summed E-state index contributed by atoms with van der Waals surface area (Å²) < 4.78 is 0. The third kappa shape index (κ3) is 4.19. The largest absolute Gasteiger partial charge is 0.376 e. The summed E-state index contributed by atoms with van der Waals surface area (Å²) >= 11 is 0. The Balaban J connectivity index is 1.62. The molecule has 0 atom stereocenters. The summed E-state index contributed by atoms with van der Waals surface area (Å²) in [5, 5.41) is 7.46. The Hall–Kier alpha value is -2.62. The zero-order valence-electron chi connectivity index (χ0n) is 13.1. The van der Waals surface area contributed by atoms with Crippen LogP contribution in [0.1, 0.15) is 30.4 Å². The third-order valence-electron chi connectivity index (χ3n) is 3.98. The molecule has 0 saturated heterocycles. The van der Waals surface area contributed by atoms with Crippen molar-refractivity contribution in [3.63, 3.8) is 0 Å². The fourth-order valence-electron chi connectivity index (χ4n) is 2.79. The molecule has 0 unspecified atom stereocenters. The first kappa shape index (κ1) is 15.3.